The fourth-order valence-electron chi connectivity index (χ4n) is 3.81. The minimum atomic E-state index is 0.568. The lowest BCUT2D eigenvalue weighted by Crippen LogP contribution is -2.37. The number of morpholine rings is 1. The van der Waals surface area contributed by atoms with Crippen LogP contribution >= 0.6 is 0 Å². The van der Waals surface area contributed by atoms with Crippen molar-refractivity contribution in [2.75, 3.05) is 45.2 Å². The Morgan fingerprint density at radius 3 is 2.53 bits per heavy atom. The molecule has 1 aliphatic rings. The molecule has 0 saturated carbocycles. The molecular weight excluding hydrogens is 422 g/mol. The molecule has 1 fully saturated rings. The molecule has 1 aliphatic heterocycles. The van der Waals surface area contributed by atoms with Gasteiger partial charge < -0.3 is 14.8 Å². The fourth-order valence-corrected chi connectivity index (χ4v) is 3.81. The number of allylic oxidation sites excluding steroid dienone is 1. The summed E-state index contributed by atoms with van der Waals surface area (Å²) in [5.41, 5.74) is 6.76. The molecular formula is C29H37N3O2. The summed E-state index contributed by atoms with van der Waals surface area (Å²) >= 11 is 0. The van der Waals surface area contributed by atoms with Crippen LogP contribution < -0.4 is 5.32 Å². The van der Waals surface area contributed by atoms with Crippen LogP contribution in [0.25, 0.3) is 16.7 Å². The van der Waals surface area contributed by atoms with Crippen LogP contribution in [-0.2, 0) is 15.9 Å². The molecule has 5 nitrogen and oxygen atoms in total. The Bertz CT molecular complexity index is 1100. The van der Waals surface area contributed by atoms with Gasteiger partial charge in [0.2, 0.25) is 0 Å². The molecule has 3 aromatic rings. The molecule has 0 atom stereocenters. The second kappa shape index (κ2) is 12.9. The van der Waals surface area contributed by atoms with Gasteiger partial charge in [0.25, 0.3) is 0 Å². The largest absolute Gasteiger partial charge is 0.464 e. The SMILES string of the molecule is C=C(O/C=C\C)c1cc(C)c2cc(C)ccc2n1.CNc1ccc(CCN2CCOCC2)cc1. The third-order valence-electron chi connectivity index (χ3n) is 5.87. The van der Waals surface area contributed by atoms with Gasteiger partial charge in [0.1, 0.15) is 11.5 Å². The summed E-state index contributed by atoms with van der Waals surface area (Å²) < 4.78 is 10.7. The number of benzene rings is 2. The Hall–Kier alpha value is -3.15. The lowest BCUT2D eigenvalue weighted by molar-refractivity contribution is 0.0384. The van der Waals surface area contributed by atoms with Crippen molar-refractivity contribution in [3.8, 4) is 0 Å². The first kappa shape index (κ1) is 25.5. The van der Waals surface area contributed by atoms with Gasteiger partial charge in [0.15, 0.2) is 0 Å². The highest BCUT2D eigenvalue weighted by Gasteiger charge is 2.09. The zero-order chi connectivity index (χ0) is 24.3. The number of rotatable bonds is 7. The maximum atomic E-state index is 5.37. The molecule has 2 heterocycles. The standard InChI is InChI=1S/C16H17NO.C13H20N2O/c1-5-8-18-13(4)16-10-12(3)14-9-11(2)6-7-15(14)17-16;1-14-13-4-2-12(3-5-13)6-7-15-8-10-16-11-9-15/h5-10H,4H2,1-3H3;2-5,14H,6-11H2,1H3/b8-5-;. The summed E-state index contributed by atoms with van der Waals surface area (Å²) in [5.74, 6) is 0.568. The van der Waals surface area contributed by atoms with Crippen molar-refractivity contribution in [3.05, 3.63) is 89.8 Å². The Labute approximate surface area is 204 Å². The molecule has 0 radical (unpaired) electrons. The number of aryl methyl sites for hydroxylation is 2. The van der Waals surface area contributed by atoms with Gasteiger partial charge in [-0.05, 0) is 68.7 Å². The van der Waals surface area contributed by atoms with Gasteiger partial charge in [-0.3, -0.25) is 4.90 Å². The van der Waals surface area contributed by atoms with E-state index in [4.69, 9.17) is 9.47 Å². The quantitative estimate of drug-likeness (QED) is 0.441. The molecule has 2 aromatic carbocycles. The molecule has 0 unspecified atom stereocenters. The predicted molar refractivity (Wildman–Crippen MR) is 143 cm³/mol. The van der Waals surface area contributed by atoms with E-state index < -0.39 is 0 Å². The lowest BCUT2D eigenvalue weighted by atomic mass is 10.1. The zero-order valence-electron chi connectivity index (χ0n) is 20.9. The van der Waals surface area contributed by atoms with Crippen LogP contribution in [0, 0.1) is 13.8 Å². The average Bonchev–Trinajstić information content (AvgIpc) is 2.87. The van der Waals surface area contributed by atoms with E-state index in [2.05, 4.69) is 72.0 Å². The monoisotopic (exact) mass is 459 g/mol. The maximum absolute atomic E-state index is 5.37. The van der Waals surface area contributed by atoms with E-state index in [1.54, 1.807) is 6.26 Å². The maximum Gasteiger partial charge on any atom is 0.144 e. The van der Waals surface area contributed by atoms with Gasteiger partial charge in [0, 0.05) is 37.8 Å². The second-order valence-electron chi connectivity index (χ2n) is 8.51. The number of pyridine rings is 1. The summed E-state index contributed by atoms with van der Waals surface area (Å²) in [6.07, 6.45) is 4.56. The molecule has 34 heavy (non-hydrogen) atoms. The van der Waals surface area contributed by atoms with Crippen molar-refractivity contribution in [2.24, 2.45) is 0 Å². The number of anilines is 1. The Morgan fingerprint density at radius 2 is 1.85 bits per heavy atom. The molecule has 1 saturated heterocycles. The summed E-state index contributed by atoms with van der Waals surface area (Å²) in [6.45, 7) is 15.0. The molecule has 0 bridgehead atoms. The van der Waals surface area contributed by atoms with E-state index in [0.717, 1.165) is 50.5 Å². The van der Waals surface area contributed by atoms with Gasteiger partial charge in [-0.1, -0.05) is 36.4 Å². The molecule has 0 amide bonds. The van der Waals surface area contributed by atoms with E-state index in [1.165, 1.54) is 27.8 Å². The minimum Gasteiger partial charge on any atom is -0.464 e. The van der Waals surface area contributed by atoms with Crippen molar-refractivity contribution in [1.82, 2.24) is 9.88 Å². The number of nitrogens with one attached hydrogen (secondary N) is 1. The van der Waals surface area contributed by atoms with Crippen molar-refractivity contribution in [1.29, 1.82) is 0 Å². The third kappa shape index (κ3) is 7.44. The van der Waals surface area contributed by atoms with Crippen LogP contribution in [-0.4, -0.2) is 49.8 Å². The smallest absolute Gasteiger partial charge is 0.144 e. The second-order valence-corrected chi connectivity index (χ2v) is 8.51. The highest BCUT2D eigenvalue weighted by Crippen LogP contribution is 2.22. The molecule has 1 N–H and O–H groups in total. The van der Waals surface area contributed by atoms with Crippen LogP contribution in [0.3, 0.4) is 0 Å². The van der Waals surface area contributed by atoms with Gasteiger partial charge in [0.05, 0.1) is 25.0 Å². The molecule has 5 heteroatoms. The highest BCUT2D eigenvalue weighted by molar-refractivity contribution is 5.84. The van der Waals surface area contributed by atoms with E-state index in [1.807, 2.05) is 32.2 Å². The van der Waals surface area contributed by atoms with Crippen LogP contribution in [0.2, 0.25) is 0 Å². The average molecular weight is 460 g/mol. The Balaban J connectivity index is 0.000000192. The molecule has 0 spiro atoms. The van der Waals surface area contributed by atoms with E-state index in [-0.39, 0.29) is 0 Å². The van der Waals surface area contributed by atoms with Gasteiger partial charge in [-0.15, -0.1) is 0 Å². The zero-order valence-corrected chi connectivity index (χ0v) is 20.9. The Morgan fingerprint density at radius 1 is 1.12 bits per heavy atom. The number of ether oxygens (including phenoxy) is 2. The van der Waals surface area contributed by atoms with Crippen molar-refractivity contribution in [2.45, 2.75) is 27.2 Å². The molecule has 1 aromatic heterocycles. The van der Waals surface area contributed by atoms with Crippen LogP contribution in [0.1, 0.15) is 29.3 Å². The van der Waals surface area contributed by atoms with Crippen molar-refractivity contribution < 1.29 is 9.47 Å². The molecule has 180 valence electrons. The first-order valence-corrected chi connectivity index (χ1v) is 11.9. The van der Waals surface area contributed by atoms with E-state index >= 15 is 0 Å². The fraction of sp³-hybridized carbons (Fsp3) is 0.345. The van der Waals surface area contributed by atoms with E-state index in [9.17, 15) is 0 Å². The predicted octanol–water partition coefficient (Wildman–Crippen LogP) is 5.98. The number of fused-ring (bicyclic) bond motifs is 1. The van der Waals surface area contributed by atoms with Gasteiger partial charge >= 0.3 is 0 Å². The van der Waals surface area contributed by atoms with Crippen molar-refractivity contribution in [3.63, 3.8) is 0 Å². The van der Waals surface area contributed by atoms with Crippen LogP contribution in [0.15, 0.2) is 67.4 Å². The first-order chi connectivity index (χ1) is 16.5. The van der Waals surface area contributed by atoms with Crippen molar-refractivity contribution >= 4 is 22.3 Å². The number of hydrogen-bond donors (Lipinski definition) is 1. The topological polar surface area (TPSA) is 46.6 Å². The summed E-state index contributed by atoms with van der Waals surface area (Å²) in [6, 6.07) is 16.9. The lowest BCUT2D eigenvalue weighted by Gasteiger charge is -2.26. The number of aromatic nitrogens is 1. The number of nitrogens with zero attached hydrogens (tertiary/aromatic N) is 2. The Kier molecular flexibility index (Phi) is 9.68. The van der Waals surface area contributed by atoms with E-state index in [0.29, 0.717) is 5.76 Å². The third-order valence-corrected chi connectivity index (χ3v) is 5.87. The summed E-state index contributed by atoms with van der Waals surface area (Å²) in [5, 5.41) is 4.31. The van der Waals surface area contributed by atoms with Crippen LogP contribution in [0.4, 0.5) is 5.69 Å². The number of hydrogen-bond acceptors (Lipinski definition) is 5. The molecule has 0 aliphatic carbocycles. The summed E-state index contributed by atoms with van der Waals surface area (Å²) in [4.78, 5) is 7.04. The highest BCUT2D eigenvalue weighted by atomic mass is 16.5. The molecule has 4 rings (SSSR count). The van der Waals surface area contributed by atoms with Gasteiger partial charge in [-0.2, -0.15) is 0 Å². The van der Waals surface area contributed by atoms with Crippen LogP contribution in [0.5, 0.6) is 0 Å². The minimum absolute atomic E-state index is 0.568. The summed E-state index contributed by atoms with van der Waals surface area (Å²) in [7, 11) is 1.95. The first-order valence-electron chi connectivity index (χ1n) is 11.9. The van der Waals surface area contributed by atoms with Gasteiger partial charge in [-0.25, -0.2) is 4.98 Å². The normalized spacial score (nSPS) is 14.0.